The molecule has 1 saturated heterocycles. The smallest absolute Gasteiger partial charge is 0.240 e. The van der Waals surface area contributed by atoms with Gasteiger partial charge in [0.2, 0.25) is 5.91 Å². The first-order chi connectivity index (χ1) is 7.71. The van der Waals surface area contributed by atoms with E-state index in [4.69, 9.17) is 10.5 Å². The molecule has 1 aliphatic carbocycles. The topological polar surface area (TPSA) is 64.4 Å². The zero-order valence-corrected chi connectivity index (χ0v) is 9.58. The average Bonchev–Trinajstić information content (AvgIpc) is 2.31. The predicted octanol–water partition coefficient (Wildman–Crippen LogP) is 0.719. The molecule has 4 nitrogen and oxygen atoms in total. The second-order valence-electron chi connectivity index (χ2n) is 4.72. The molecule has 0 aromatic carbocycles. The first-order valence-corrected chi connectivity index (χ1v) is 6.03. The number of allylic oxidation sites excluding steroid dienone is 1. The van der Waals surface area contributed by atoms with E-state index < -0.39 is 5.54 Å². The molecule has 1 unspecified atom stereocenters. The van der Waals surface area contributed by atoms with Gasteiger partial charge in [-0.15, -0.1) is 0 Å². The van der Waals surface area contributed by atoms with Gasteiger partial charge in [-0.25, -0.2) is 0 Å². The molecular weight excluding hydrogens is 204 g/mol. The summed E-state index contributed by atoms with van der Waals surface area (Å²) in [5.41, 5.74) is 5.40. The summed E-state index contributed by atoms with van der Waals surface area (Å²) in [6.07, 6.45) is 8.54. The molecular formula is C12H20N2O2. The van der Waals surface area contributed by atoms with Crippen LogP contribution in [-0.4, -0.2) is 30.7 Å². The van der Waals surface area contributed by atoms with Crippen molar-refractivity contribution in [2.24, 2.45) is 5.73 Å². The largest absolute Gasteiger partial charge is 0.381 e. The number of carbonyl (C=O) groups is 1. The summed E-state index contributed by atoms with van der Waals surface area (Å²) in [5.74, 6) is -0.00361. The highest BCUT2D eigenvalue weighted by Gasteiger charge is 2.36. The summed E-state index contributed by atoms with van der Waals surface area (Å²) in [6, 6.07) is 0.265. The van der Waals surface area contributed by atoms with Crippen LogP contribution in [0.5, 0.6) is 0 Å². The van der Waals surface area contributed by atoms with Crippen molar-refractivity contribution in [3.63, 3.8) is 0 Å². The van der Waals surface area contributed by atoms with E-state index in [2.05, 4.69) is 17.5 Å². The van der Waals surface area contributed by atoms with Crippen LogP contribution < -0.4 is 11.1 Å². The highest BCUT2D eigenvalue weighted by atomic mass is 16.5. The Morgan fingerprint density at radius 2 is 2.12 bits per heavy atom. The van der Waals surface area contributed by atoms with Crippen LogP contribution in [0.4, 0.5) is 0 Å². The number of amides is 1. The third-order valence-electron chi connectivity index (χ3n) is 3.44. The van der Waals surface area contributed by atoms with Gasteiger partial charge < -0.3 is 15.8 Å². The summed E-state index contributed by atoms with van der Waals surface area (Å²) >= 11 is 0. The van der Waals surface area contributed by atoms with Crippen molar-refractivity contribution in [1.82, 2.24) is 5.32 Å². The van der Waals surface area contributed by atoms with Crippen LogP contribution in [0.15, 0.2) is 12.2 Å². The molecule has 1 amide bonds. The molecule has 0 aromatic heterocycles. The summed E-state index contributed by atoms with van der Waals surface area (Å²) in [5, 5.41) is 3.06. The minimum absolute atomic E-state index is 0.00361. The normalized spacial score (nSPS) is 28.7. The molecule has 16 heavy (non-hydrogen) atoms. The Bertz CT molecular complexity index is 283. The Morgan fingerprint density at radius 1 is 1.38 bits per heavy atom. The van der Waals surface area contributed by atoms with Gasteiger partial charge >= 0.3 is 0 Å². The fourth-order valence-electron chi connectivity index (χ4n) is 2.22. The maximum Gasteiger partial charge on any atom is 0.240 e. The Labute approximate surface area is 96.2 Å². The third kappa shape index (κ3) is 2.62. The minimum Gasteiger partial charge on any atom is -0.381 e. The molecule has 2 rings (SSSR count). The third-order valence-corrected chi connectivity index (χ3v) is 3.44. The SMILES string of the molecule is NC1(C(=O)NC2CC=CCC2)CCOCC1. The van der Waals surface area contributed by atoms with Crippen LogP contribution in [-0.2, 0) is 9.53 Å². The molecule has 0 spiro atoms. The molecule has 4 heteroatoms. The molecule has 1 heterocycles. The van der Waals surface area contributed by atoms with Crippen LogP contribution in [0.2, 0.25) is 0 Å². The Kier molecular flexibility index (Phi) is 3.61. The second kappa shape index (κ2) is 4.97. The number of rotatable bonds is 2. The van der Waals surface area contributed by atoms with Crippen LogP contribution in [0.3, 0.4) is 0 Å². The Morgan fingerprint density at radius 3 is 2.75 bits per heavy atom. The average molecular weight is 224 g/mol. The molecule has 0 aromatic rings. The Hall–Kier alpha value is -0.870. The predicted molar refractivity (Wildman–Crippen MR) is 61.9 cm³/mol. The van der Waals surface area contributed by atoms with Gasteiger partial charge in [-0.2, -0.15) is 0 Å². The summed E-state index contributed by atoms with van der Waals surface area (Å²) in [7, 11) is 0. The summed E-state index contributed by atoms with van der Waals surface area (Å²) < 4.78 is 5.23. The zero-order chi connectivity index (χ0) is 11.4. The van der Waals surface area contributed by atoms with Crippen molar-refractivity contribution in [1.29, 1.82) is 0 Å². The van der Waals surface area contributed by atoms with E-state index in [1.807, 2.05) is 0 Å². The molecule has 0 radical (unpaired) electrons. The second-order valence-corrected chi connectivity index (χ2v) is 4.72. The number of nitrogens with one attached hydrogen (secondary N) is 1. The van der Waals surface area contributed by atoms with Crippen LogP contribution in [0, 0.1) is 0 Å². The molecule has 1 atom stereocenters. The van der Waals surface area contributed by atoms with Crippen LogP contribution in [0.25, 0.3) is 0 Å². The monoisotopic (exact) mass is 224 g/mol. The van der Waals surface area contributed by atoms with Crippen molar-refractivity contribution in [3.05, 3.63) is 12.2 Å². The van der Waals surface area contributed by atoms with Crippen molar-refractivity contribution in [2.75, 3.05) is 13.2 Å². The summed E-state index contributed by atoms with van der Waals surface area (Å²) in [4.78, 5) is 12.1. The van der Waals surface area contributed by atoms with Gasteiger partial charge in [0, 0.05) is 19.3 Å². The van der Waals surface area contributed by atoms with E-state index in [1.165, 1.54) is 0 Å². The van der Waals surface area contributed by atoms with E-state index in [-0.39, 0.29) is 11.9 Å². The van der Waals surface area contributed by atoms with E-state index in [0.717, 1.165) is 19.3 Å². The molecule has 0 bridgehead atoms. The number of carbonyl (C=O) groups excluding carboxylic acids is 1. The first kappa shape index (κ1) is 11.6. The van der Waals surface area contributed by atoms with Gasteiger partial charge in [0.05, 0.1) is 5.54 Å². The van der Waals surface area contributed by atoms with Crippen LogP contribution >= 0.6 is 0 Å². The highest BCUT2D eigenvalue weighted by molar-refractivity contribution is 5.86. The van der Waals surface area contributed by atoms with Crippen molar-refractivity contribution in [3.8, 4) is 0 Å². The quantitative estimate of drug-likeness (QED) is 0.679. The zero-order valence-electron chi connectivity index (χ0n) is 9.58. The maximum absolute atomic E-state index is 12.1. The first-order valence-electron chi connectivity index (χ1n) is 6.03. The maximum atomic E-state index is 12.1. The lowest BCUT2D eigenvalue weighted by molar-refractivity contribution is -0.130. The lowest BCUT2D eigenvalue weighted by Crippen LogP contribution is -2.58. The molecule has 1 fully saturated rings. The van der Waals surface area contributed by atoms with Crippen molar-refractivity contribution in [2.45, 2.75) is 43.7 Å². The van der Waals surface area contributed by atoms with E-state index in [0.29, 0.717) is 26.1 Å². The van der Waals surface area contributed by atoms with E-state index >= 15 is 0 Å². The lowest BCUT2D eigenvalue weighted by Gasteiger charge is -2.33. The molecule has 2 aliphatic rings. The van der Waals surface area contributed by atoms with Crippen LogP contribution in [0.1, 0.15) is 32.1 Å². The lowest BCUT2D eigenvalue weighted by atomic mass is 9.89. The molecule has 0 saturated carbocycles. The minimum atomic E-state index is -0.709. The number of nitrogens with two attached hydrogens (primary N) is 1. The molecule has 1 aliphatic heterocycles. The molecule has 90 valence electrons. The van der Waals surface area contributed by atoms with Gasteiger partial charge in [-0.3, -0.25) is 4.79 Å². The summed E-state index contributed by atoms with van der Waals surface area (Å²) in [6.45, 7) is 1.18. The van der Waals surface area contributed by atoms with Crippen molar-refractivity contribution >= 4 is 5.91 Å². The standard InChI is InChI=1S/C12H20N2O2/c13-12(6-8-16-9-7-12)11(15)14-10-4-2-1-3-5-10/h1-2,10H,3-9,13H2,(H,14,15). The van der Waals surface area contributed by atoms with Gasteiger partial charge in [-0.1, -0.05) is 12.2 Å². The molecule has 3 N–H and O–H groups in total. The fraction of sp³-hybridized carbons (Fsp3) is 0.750. The fourth-order valence-corrected chi connectivity index (χ4v) is 2.22. The van der Waals surface area contributed by atoms with Gasteiger partial charge in [0.15, 0.2) is 0 Å². The number of hydrogen-bond donors (Lipinski definition) is 2. The van der Waals surface area contributed by atoms with Gasteiger partial charge in [-0.05, 0) is 32.1 Å². The highest BCUT2D eigenvalue weighted by Crippen LogP contribution is 2.19. The van der Waals surface area contributed by atoms with E-state index in [1.54, 1.807) is 0 Å². The van der Waals surface area contributed by atoms with Crippen molar-refractivity contribution < 1.29 is 9.53 Å². The number of hydrogen-bond acceptors (Lipinski definition) is 3. The van der Waals surface area contributed by atoms with Gasteiger partial charge in [0.25, 0.3) is 0 Å². The van der Waals surface area contributed by atoms with Gasteiger partial charge in [0.1, 0.15) is 0 Å². The number of ether oxygens (including phenoxy) is 1. The Balaban J connectivity index is 1.88. The van der Waals surface area contributed by atoms with E-state index in [9.17, 15) is 4.79 Å².